The Morgan fingerprint density at radius 2 is 1.92 bits per heavy atom. The van der Waals surface area contributed by atoms with Gasteiger partial charge in [0.1, 0.15) is 0 Å². The van der Waals surface area contributed by atoms with Gasteiger partial charge in [0.2, 0.25) is 18.2 Å². The topological polar surface area (TPSA) is 131 Å². The number of carbonyl (C=O) groups excluding carboxylic acids is 3. The zero-order valence-electron chi connectivity index (χ0n) is 14.4. The van der Waals surface area contributed by atoms with Crippen molar-refractivity contribution in [2.24, 2.45) is 5.92 Å². The average Bonchev–Trinajstić information content (AvgIpc) is 2.53. The van der Waals surface area contributed by atoms with Gasteiger partial charge in [0, 0.05) is 25.4 Å². The summed E-state index contributed by atoms with van der Waals surface area (Å²) in [4.78, 5) is 33.5. The maximum Gasteiger partial charge on any atom is 0.222 e. The highest BCUT2D eigenvalue weighted by Gasteiger charge is 2.14. The van der Waals surface area contributed by atoms with E-state index in [2.05, 4.69) is 16.0 Å². The number of nitrogens with one attached hydrogen (secondary N) is 3. The molecule has 0 aromatic heterocycles. The lowest BCUT2D eigenvalue weighted by atomic mass is 10.1. The van der Waals surface area contributed by atoms with Crippen LogP contribution in [0.3, 0.4) is 0 Å². The normalized spacial score (nSPS) is 13.9. The smallest absolute Gasteiger partial charge is 0.222 e. The molecule has 0 aliphatic carbocycles. The Hall–Kier alpha value is -2.14. The molecule has 0 fully saturated rings. The fourth-order valence-electron chi connectivity index (χ4n) is 2.09. The molecular formula is C16H28N4O4. The first-order valence-corrected chi connectivity index (χ1v) is 8.19. The first-order chi connectivity index (χ1) is 11.4. The number of aliphatic hydroxyl groups is 1. The molecule has 0 aliphatic rings. The first kappa shape index (κ1) is 21.9. The zero-order valence-corrected chi connectivity index (χ0v) is 14.4. The maximum atomic E-state index is 11.7. The van der Waals surface area contributed by atoms with Crippen molar-refractivity contribution >= 4 is 18.2 Å². The minimum Gasteiger partial charge on any atom is -0.394 e. The van der Waals surface area contributed by atoms with E-state index in [4.69, 9.17) is 5.26 Å². The Morgan fingerprint density at radius 1 is 1.21 bits per heavy atom. The summed E-state index contributed by atoms with van der Waals surface area (Å²) in [6.07, 6.45) is 2.98. The lowest BCUT2D eigenvalue weighted by Crippen LogP contribution is -2.38. The van der Waals surface area contributed by atoms with Gasteiger partial charge in [-0.2, -0.15) is 5.26 Å². The molecule has 0 heterocycles. The summed E-state index contributed by atoms with van der Waals surface area (Å²) in [6.45, 7) is 3.76. The van der Waals surface area contributed by atoms with Crippen LogP contribution < -0.4 is 16.0 Å². The third kappa shape index (κ3) is 11.4. The average molecular weight is 340 g/mol. The van der Waals surface area contributed by atoms with Crippen molar-refractivity contribution in [3.8, 4) is 6.07 Å². The van der Waals surface area contributed by atoms with Crippen molar-refractivity contribution in [3.05, 3.63) is 0 Å². The molecule has 3 atom stereocenters. The first-order valence-electron chi connectivity index (χ1n) is 8.19. The van der Waals surface area contributed by atoms with Crippen LogP contribution in [0.25, 0.3) is 0 Å². The van der Waals surface area contributed by atoms with Gasteiger partial charge in [0.25, 0.3) is 0 Å². The van der Waals surface area contributed by atoms with Gasteiger partial charge in [0.05, 0.1) is 24.6 Å². The van der Waals surface area contributed by atoms with Gasteiger partial charge < -0.3 is 21.1 Å². The van der Waals surface area contributed by atoms with Gasteiger partial charge in [-0.05, 0) is 33.1 Å². The van der Waals surface area contributed by atoms with Crippen LogP contribution in [0.1, 0.15) is 46.0 Å². The van der Waals surface area contributed by atoms with Crippen molar-refractivity contribution in [1.82, 2.24) is 16.0 Å². The highest BCUT2D eigenvalue weighted by molar-refractivity contribution is 5.77. The maximum absolute atomic E-state index is 11.7. The predicted octanol–water partition coefficient (Wildman–Crippen LogP) is -0.176. The summed E-state index contributed by atoms with van der Waals surface area (Å²) in [5, 5.41) is 25.9. The van der Waals surface area contributed by atoms with Crippen LogP contribution in [0.4, 0.5) is 0 Å². The van der Waals surface area contributed by atoms with Gasteiger partial charge in [0.15, 0.2) is 0 Å². The third-order valence-electron chi connectivity index (χ3n) is 3.44. The Labute approximate surface area is 143 Å². The quantitative estimate of drug-likeness (QED) is 0.273. The summed E-state index contributed by atoms with van der Waals surface area (Å²) in [5.41, 5.74) is 0. The van der Waals surface area contributed by atoms with Gasteiger partial charge in [-0.15, -0.1) is 0 Å². The van der Waals surface area contributed by atoms with Crippen LogP contribution in [-0.2, 0) is 14.4 Å². The summed E-state index contributed by atoms with van der Waals surface area (Å²) < 4.78 is 0. The summed E-state index contributed by atoms with van der Waals surface area (Å²) in [6, 6.07) is 1.45. The van der Waals surface area contributed by atoms with Crippen molar-refractivity contribution in [3.63, 3.8) is 0 Å². The highest BCUT2D eigenvalue weighted by Crippen LogP contribution is 2.03. The van der Waals surface area contributed by atoms with E-state index in [0.29, 0.717) is 19.4 Å². The number of carbonyl (C=O) groups is 3. The van der Waals surface area contributed by atoms with E-state index in [-0.39, 0.29) is 49.3 Å². The molecule has 3 amide bonds. The van der Waals surface area contributed by atoms with Crippen LogP contribution in [0, 0.1) is 17.2 Å². The van der Waals surface area contributed by atoms with Crippen LogP contribution >= 0.6 is 0 Å². The van der Waals surface area contributed by atoms with Gasteiger partial charge in [-0.25, -0.2) is 0 Å². The Morgan fingerprint density at radius 3 is 2.50 bits per heavy atom. The van der Waals surface area contributed by atoms with Crippen molar-refractivity contribution in [1.29, 1.82) is 5.26 Å². The lowest BCUT2D eigenvalue weighted by Gasteiger charge is -2.17. The highest BCUT2D eigenvalue weighted by atomic mass is 16.3. The van der Waals surface area contributed by atoms with E-state index in [9.17, 15) is 19.5 Å². The fourth-order valence-corrected chi connectivity index (χ4v) is 2.09. The Kier molecular flexibility index (Phi) is 12.1. The third-order valence-corrected chi connectivity index (χ3v) is 3.44. The van der Waals surface area contributed by atoms with E-state index in [1.54, 1.807) is 13.8 Å². The number of amides is 3. The van der Waals surface area contributed by atoms with E-state index in [0.717, 1.165) is 12.8 Å². The molecule has 0 rings (SSSR count). The number of hydrogen-bond acceptors (Lipinski definition) is 5. The molecule has 0 radical (unpaired) electrons. The number of rotatable bonds is 13. The standard InChI is InChI=1S/C16H28N4O4/c1-12(9-17)7-16(24)20-14(10-21)5-3-4-6-18-15(23)8-13(2)19-11-22/h11-14,21H,3-8,10H2,1-2H3,(H,18,23)(H,19,22)(H,20,24)/t12-,13-,14+/m1/s1. The number of hydrogen-bond donors (Lipinski definition) is 4. The van der Waals surface area contributed by atoms with Crippen molar-refractivity contribution in [2.75, 3.05) is 13.2 Å². The molecule has 0 saturated carbocycles. The van der Waals surface area contributed by atoms with E-state index in [1.165, 1.54) is 0 Å². The molecular weight excluding hydrogens is 312 g/mol. The van der Waals surface area contributed by atoms with E-state index < -0.39 is 0 Å². The lowest BCUT2D eigenvalue weighted by molar-refractivity contribution is -0.123. The molecule has 24 heavy (non-hydrogen) atoms. The van der Waals surface area contributed by atoms with Gasteiger partial charge >= 0.3 is 0 Å². The second kappa shape index (κ2) is 13.3. The fraction of sp³-hybridized carbons (Fsp3) is 0.750. The molecule has 0 spiro atoms. The predicted molar refractivity (Wildman–Crippen MR) is 88.5 cm³/mol. The number of nitriles is 1. The van der Waals surface area contributed by atoms with Crippen molar-refractivity contribution < 1.29 is 19.5 Å². The van der Waals surface area contributed by atoms with Crippen LogP contribution in [0.2, 0.25) is 0 Å². The van der Waals surface area contributed by atoms with E-state index >= 15 is 0 Å². The minimum atomic E-state index is -0.351. The van der Waals surface area contributed by atoms with E-state index in [1.807, 2.05) is 6.07 Å². The molecule has 4 N–H and O–H groups in total. The largest absolute Gasteiger partial charge is 0.394 e. The molecule has 8 nitrogen and oxygen atoms in total. The van der Waals surface area contributed by atoms with Gasteiger partial charge in [-0.3, -0.25) is 14.4 Å². The molecule has 0 bridgehead atoms. The summed E-state index contributed by atoms with van der Waals surface area (Å²) >= 11 is 0. The molecule has 8 heteroatoms. The van der Waals surface area contributed by atoms with Crippen LogP contribution in [0.15, 0.2) is 0 Å². The van der Waals surface area contributed by atoms with Crippen LogP contribution in [-0.4, -0.2) is 48.6 Å². The number of aliphatic hydroxyl groups excluding tert-OH is 1. The van der Waals surface area contributed by atoms with Gasteiger partial charge in [-0.1, -0.05) is 0 Å². The van der Waals surface area contributed by atoms with Crippen LogP contribution in [0.5, 0.6) is 0 Å². The minimum absolute atomic E-state index is 0.121. The molecule has 0 saturated heterocycles. The number of unbranched alkanes of at least 4 members (excludes halogenated alkanes) is 1. The Bertz CT molecular complexity index is 436. The molecule has 0 unspecified atom stereocenters. The summed E-state index contributed by atoms with van der Waals surface area (Å²) in [7, 11) is 0. The SMILES string of the molecule is C[C@H](CC(=O)NCCCC[C@@H](CO)NC(=O)C[C@@H](C)C#N)NC=O. The zero-order chi connectivity index (χ0) is 18.4. The monoisotopic (exact) mass is 340 g/mol. The Balaban J connectivity index is 3.84. The second-order valence-corrected chi connectivity index (χ2v) is 5.92. The second-order valence-electron chi connectivity index (χ2n) is 5.92. The molecule has 0 aromatic rings. The summed E-state index contributed by atoms with van der Waals surface area (Å²) in [5.74, 6) is -0.724. The molecule has 0 aliphatic heterocycles. The molecule has 0 aromatic carbocycles. The van der Waals surface area contributed by atoms with Crippen molar-refractivity contribution in [2.45, 2.75) is 58.0 Å². The molecule has 136 valence electrons. The number of nitrogens with zero attached hydrogens (tertiary/aromatic N) is 1.